The summed E-state index contributed by atoms with van der Waals surface area (Å²) in [6.07, 6.45) is -4.43. The smallest absolute Gasteiger partial charge is 0.449 e. The SMILES string of the molecule is Cl.FC(F)(F)c1ccc(CNCc2ccc(Br)cc2)o1. The second-order valence-corrected chi connectivity index (χ2v) is 4.91. The van der Waals surface area contributed by atoms with Crippen molar-refractivity contribution in [1.29, 1.82) is 0 Å². The third kappa shape index (κ3) is 4.85. The molecule has 0 unspecified atom stereocenters. The van der Waals surface area contributed by atoms with E-state index in [-0.39, 0.29) is 24.7 Å². The minimum absolute atomic E-state index is 0. The maximum atomic E-state index is 12.3. The van der Waals surface area contributed by atoms with Crippen LogP contribution in [0.4, 0.5) is 13.2 Å². The van der Waals surface area contributed by atoms with Gasteiger partial charge in [-0.05, 0) is 29.8 Å². The summed E-state index contributed by atoms with van der Waals surface area (Å²) in [6, 6.07) is 9.95. The number of nitrogens with one attached hydrogen (secondary N) is 1. The Morgan fingerprint density at radius 2 is 1.65 bits per heavy atom. The van der Waals surface area contributed by atoms with Crippen LogP contribution in [-0.4, -0.2) is 0 Å². The van der Waals surface area contributed by atoms with Crippen molar-refractivity contribution in [2.24, 2.45) is 0 Å². The van der Waals surface area contributed by atoms with Gasteiger partial charge in [-0.3, -0.25) is 0 Å². The van der Waals surface area contributed by atoms with Gasteiger partial charge in [0.2, 0.25) is 5.76 Å². The second-order valence-electron chi connectivity index (χ2n) is 3.99. The molecule has 1 heterocycles. The summed E-state index contributed by atoms with van der Waals surface area (Å²) >= 11 is 3.33. The first-order valence-corrected chi connectivity index (χ1v) is 6.35. The summed E-state index contributed by atoms with van der Waals surface area (Å²) in [5, 5.41) is 3.03. The Labute approximate surface area is 128 Å². The van der Waals surface area contributed by atoms with Crippen LogP contribution >= 0.6 is 28.3 Å². The Bertz CT molecular complexity index is 539. The van der Waals surface area contributed by atoms with Crippen molar-refractivity contribution in [3.63, 3.8) is 0 Å². The van der Waals surface area contributed by atoms with Gasteiger partial charge < -0.3 is 9.73 Å². The number of rotatable bonds is 4. The lowest BCUT2D eigenvalue weighted by atomic mass is 10.2. The van der Waals surface area contributed by atoms with Gasteiger partial charge in [0.15, 0.2) is 0 Å². The standard InChI is InChI=1S/C13H11BrF3NO.ClH/c14-10-3-1-9(2-4-10)7-18-8-11-5-6-12(19-11)13(15,16)17;/h1-6,18H,7-8H2;1H. The topological polar surface area (TPSA) is 25.2 Å². The molecular formula is C13H12BrClF3NO. The van der Waals surface area contributed by atoms with E-state index in [0.717, 1.165) is 16.1 Å². The predicted molar refractivity (Wildman–Crippen MR) is 75.6 cm³/mol. The molecule has 0 fully saturated rings. The van der Waals surface area contributed by atoms with Crippen molar-refractivity contribution >= 4 is 28.3 Å². The molecule has 110 valence electrons. The first kappa shape index (κ1) is 17.1. The van der Waals surface area contributed by atoms with E-state index in [1.807, 2.05) is 24.3 Å². The Kier molecular flexibility index (Phi) is 6.10. The molecule has 7 heteroatoms. The van der Waals surface area contributed by atoms with E-state index in [2.05, 4.69) is 21.2 Å². The van der Waals surface area contributed by atoms with Crippen molar-refractivity contribution in [3.8, 4) is 0 Å². The lowest BCUT2D eigenvalue weighted by molar-refractivity contribution is -0.153. The van der Waals surface area contributed by atoms with Crippen molar-refractivity contribution in [3.05, 3.63) is 58.0 Å². The molecule has 0 spiro atoms. The van der Waals surface area contributed by atoms with E-state index < -0.39 is 11.9 Å². The average molecular weight is 371 g/mol. The van der Waals surface area contributed by atoms with Crippen LogP contribution in [0.2, 0.25) is 0 Å². The van der Waals surface area contributed by atoms with Gasteiger partial charge in [-0.2, -0.15) is 13.2 Å². The van der Waals surface area contributed by atoms with Gasteiger partial charge >= 0.3 is 6.18 Å². The number of benzene rings is 1. The highest BCUT2D eigenvalue weighted by Gasteiger charge is 2.34. The fourth-order valence-corrected chi connectivity index (χ4v) is 1.82. The molecule has 1 aromatic heterocycles. The molecule has 0 atom stereocenters. The zero-order valence-corrected chi connectivity index (χ0v) is 12.6. The van der Waals surface area contributed by atoms with Gasteiger partial charge in [0.05, 0.1) is 6.54 Å². The van der Waals surface area contributed by atoms with Crippen LogP contribution in [-0.2, 0) is 19.3 Å². The lowest BCUT2D eigenvalue weighted by Gasteiger charge is -2.04. The number of halogens is 5. The van der Waals surface area contributed by atoms with Crippen LogP contribution < -0.4 is 5.32 Å². The van der Waals surface area contributed by atoms with E-state index in [1.54, 1.807) is 0 Å². The molecular weight excluding hydrogens is 359 g/mol. The minimum atomic E-state index is -4.43. The molecule has 1 N–H and O–H groups in total. The number of hydrogen-bond acceptors (Lipinski definition) is 2. The van der Waals surface area contributed by atoms with Gasteiger partial charge in [0.25, 0.3) is 0 Å². The maximum absolute atomic E-state index is 12.3. The highest BCUT2D eigenvalue weighted by Crippen LogP contribution is 2.30. The van der Waals surface area contributed by atoms with Crippen molar-refractivity contribution in [1.82, 2.24) is 5.32 Å². The second kappa shape index (κ2) is 7.15. The minimum Gasteiger partial charge on any atom is -0.455 e. The molecule has 0 radical (unpaired) electrons. The van der Waals surface area contributed by atoms with E-state index in [0.29, 0.717) is 6.54 Å². The molecule has 0 aliphatic carbocycles. The molecule has 20 heavy (non-hydrogen) atoms. The summed E-state index contributed by atoms with van der Waals surface area (Å²) in [6.45, 7) is 0.821. The first-order valence-electron chi connectivity index (χ1n) is 5.56. The summed E-state index contributed by atoms with van der Waals surface area (Å²) in [5.41, 5.74) is 1.05. The number of hydrogen-bond donors (Lipinski definition) is 1. The largest absolute Gasteiger partial charge is 0.455 e. The Morgan fingerprint density at radius 1 is 1.00 bits per heavy atom. The molecule has 0 saturated carbocycles. The van der Waals surface area contributed by atoms with Gasteiger partial charge in [0, 0.05) is 11.0 Å². The van der Waals surface area contributed by atoms with Crippen LogP contribution in [0, 0.1) is 0 Å². The van der Waals surface area contributed by atoms with Gasteiger partial charge in [-0.15, -0.1) is 12.4 Å². The predicted octanol–water partition coefficient (Wildman–Crippen LogP) is 4.77. The quantitative estimate of drug-likeness (QED) is 0.838. The van der Waals surface area contributed by atoms with Crippen molar-refractivity contribution < 1.29 is 17.6 Å². The summed E-state index contributed by atoms with van der Waals surface area (Å²) in [4.78, 5) is 0. The zero-order chi connectivity index (χ0) is 13.9. The monoisotopic (exact) mass is 369 g/mol. The van der Waals surface area contributed by atoms with Crippen molar-refractivity contribution in [2.75, 3.05) is 0 Å². The van der Waals surface area contributed by atoms with Crippen LogP contribution in [0.1, 0.15) is 17.1 Å². The maximum Gasteiger partial charge on any atom is 0.449 e. The molecule has 0 aliphatic heterocycles. The molecule has 0 aliphatic rings. The molecule has 0 bridgehead atoms. The van der Waals surface area contributed by atoms with Crippen molar-refractivity contribution in [2.45, 2.75) is 19.3 Å². The van der Waals surface area contributed by atoms with E-state index in [9.17, 15) is 13.2 Å². The molecule has 2 rings (SSSR count). The summed E-state index contributed by atoms with van der Waals surface area (Å²) in [7, 11) is 0. The van der Waals surface area contributed by atoms with E-state index >= 15 is 0 Å². The summed E-state index contributed by atoms with van der Waals surface area (Å²) in [5.74, 6) is -0.697. The zero-order valence-electron chi connectivity index (χ0n) is 10.2. The van der Waals surface area contributed by atoms with Crippen LogP contribution in [0.25, 0.3) is 0 Å². The molecule has 2 nitrogen and oxygen atoms in total. The van der Waals surface area contributed by atoms with Crippen LogP contribution in [0.5, 0.6) is 0 Å². The van der Waals surface area contributed by atoms with Gasteiger partial charge in [-0.1, -0.05) is 28.1 Å². The number of alkyl halides is 3. The third-order valence-electron chi connectivity index (χ3n) is 2.48. The number of furan rings is 1. The normalized spacial score (nSPS) is 11.2. The average Bonchev–Trinajstić information content (AvgIpc) is 2.80. The van der Waals surface area contributed by atoms with E-state index in [4.69, 9.17) is 4.42 Å². The highest BCUT2D eigenvalue weighted by atomic mass is 79.9. The van der Waals surface area contributed by atoms with Gasteiger partial charge in [-0.25, -0.2) is 0 Å². The highest BCUT2D eigenvalue weighted by molar-refractivity contribution is 9.10. The Hall–Kier alpha value is -0.980. The fourth-order valence-electron chi connectivity index (χ4n) is 1.56. The van der Waals surface area contributed by atoms with Crippen LogP contribution in [0.3, 0.4) is 0 Å². The molecule has 2 aromatic rings. The van der Waals surface area contributed by atoms with E-state index in [1.165, 1.54) is 6.07 Å². The molecule has 0 amide bonds. The third-order valence-corrected chi connectivity index (χ3v) is 3.01. The fraction of sp³-hybridized carbons (Fsp3) is 0.231. The Morgan fingerprint density at radius 3 is 2.20 bits per heavy atom. The lowest BCUT2D eigenvalue weighted by Crippen LogP contribution is -2.12. The molecule has 1 aromatic carbocycles. The molecule has 0 saturated heterocycles. The van der Waals surface area contributed by atoms with Crippen LogP contribution in [0.15, 0.2) is 45.3 Å². The van der Waals surface area contributed by atoms with Gasteiger partial charge in [0.1, 0.15) is 5.76 Å². The summed E-state index contributed by atoms with van der Waals surface area (Å²) < 4.78 is 42.6. The Balaban J connectivity index is 0.00000200. The first-order chi connectivity index (χ1) is 8.95.